The van der Waals surface area contributed by atoms with Crippen LogP contribution in [0.1, 0.15) is 22.6 Å². The van der Waals surface area contributed by atoms with E-state index in [9.17, 15) is 13.6 Å². The molecule has 0 saturated heterocycles. The Hall–Kier alpha value is -2.08. The SMILES string of the molecule is CN(C)C(=O)Sc1c(Cl)cc(Cl)cc1C(c1ccc(F)cc1)c1ccc(F)cc1. The third-order valence-corrected chi connectivity index (χ3v) is 6.14. The molecule has 7 heteroatoms. The molecule has 29 heavy (non-hydrogen) atoms. The normalized spacial score (nSPS) is 11.0. The molecular formula is C22H17Cl2F2NOS. The Morgan fingerprint density at radius 3 is 1.83 bits per heavy atom. The summed E-state index contributed by atoms with van der Waals surface area (Å²) in [4.78, 5) is 14.4. The molecule has 3 rings (SSSR count). The van der Waals surface area contributed by atoms with Crippen LogP contribution < -0.4 is 0 Å². The number of carbonyl (C=O) groups is 1. The van der Waals surface area contributed by atoms with Crippen LogP contribution in [0.2, 0.25) is 10.0 Å². The first kappa shape index (κ1) is 21.6. The van der Waals surface area contributed by atoms with Gasteiger partial charge in [-0.15, -0.1) is 0 Å². The van der Waals surface area contributed by atoms with Crippen molar-refractivity contribution in [3.63, 3.8) is 0 Å². The van der Waals surface area contributed by atoms with Crippen molar-refractivity contribution >= 4 is 40.2 Å². The van der Waals surface area contributed by atoms with Gasteiger partial charge in [0.25, 0.3) is 5.24 Å². The molecule has 3 aromatic carbocycles. The van der Waals surface area contributed by atoms with Crippen molar-refractivity contribution in [2.45, 2.75) is 10.8 Å². The summed E-state index contributed by atoms with van der Waals surface area (Å²) < 4.78 is 27.1. The zero-order valence-corrected chi connectivity index (χ0v) is 18.0. The highest BCUT2D eigenvalue weighted by Gasteiger charge is 2.25. The van der Waals surface area contributed by atoms with Crippen LogP contribution in [0.5, 0.6) is 0 Å². The average Bonchev–Trinajstić information content (AvgIpc) is 2.67. The second-order valence-electron chi connectivity index (χ2n) is 6.60. The minimum atomic E-state index is -0.426. The molecule has 3 aromatic rings. The van der Waals surface area contributed by atoms with Crippen molar-refractivity contribution in [1.82, 2.24) is 4.90 Å². The summed E-state index contributed by atoms with van der Waals surface area (Å²) in [6, 6.07) is 15.3. The fraction of sp³-hybridized carbons (Fsp3) is 0.136. The number of carbonyl (C=O) groups excluding carboxylic acids is 1. The van der Waals surface area contributed by atoms with Crippen molar-refractivity contribution in [2.24, 2.45) is 0 Å². The van der Waals surface area contributed by atoms with E-state index in [4.69, 9.17) is 23.2 Å². The third kappa shape index (κ3) is 5.10. The van der Waals surface area contributed by atoms with Gasteiger partial charge in [0.2, 0.25) is 0 Å². The van der Waals surface area contributed by atoms with Crippen molar-refractivity contribution in [3.8, 4) is 0 Å². The van der Waals surface area contributed by atoms with Crippen molar-refractivity contribution in [2.75, 3.05) is 14.1 Å². The Labute approximate surface area is 182 Å². The largest absolute Gasteiger partial charge is 0.339 e. The van der Waals surface area contributed by atoms with Crippen molar-refractivity contribution in [1.29, 1.82) is 0 Å². The van der Waals surface area contributed by atoms with Crippen LogP contribution in [-0.4, -0.2) is 24.2 Å². The van der Waals surface area contributed by atoms with Gasteiger partial charge in [0, 0.05) is 29.9 Å². The molecule has 0 radical (unpaired) electrons. The van der Waals surface area contributed by atoms with E-state index in [1.807, 2.05) is 0 Å². The van der Waals surface area contributed by atoms with Crippen LogP contribution in [0, 0.1) is 11.6 Å². The van der Waals surface area contributed by atoms with Crippen LogP contribution in [0.3, 0.4) is 0 Å². The van der Waals surface area contributed by atoms with Gasteiger partial charge in [0.1, 0.15) is 11.6 Å². The predicted octanol–water partition coefficient (Wildman–Crippen LogP) is 7.23. The van der Waals surface area contributed by atoms with Crippen molar-refractivity contribution < 1.29 is 13.6 Å². The number of nitrogens with zero attached hydrogens (tertiary/aromatic N) is 1. The molecule has 0 fully saturated rings. The molecule has 0 aromatic heterocycles. The molecule has 0 spiro atoms. The molecule has 0 unspecified atom stereocenters. The number of halogens is 4. The highest BCUT2D eigenvalue weighted by Crippen LogP contribution is 2.43. The van der Waals surface area contributed by atoms with Gasteiger partial charge < -0.3 is 4.90 Å². The third-order valence-electron chi connectivity index (χ3n) is 4.31. The lowest BCUT2D eigenvalue weighted by molar-refractivity contribution is 0.241. The maximum absolute atomic E-state index is 13.5. The fourth-order valence-corrected chi connectivity index (χ4v) is 4.38. The van der Waals surface area contributed by atoms with E-state index < -0.39 is 5.92 Å². The summed E-state index contributed by atoms with van der Waals surface area (Å²) in [5.74, 6) is -1.16. The second-order valence-corrected chi connectivity index (χ2v) is 8.41. The maximum Gasteiger partial charge on any atom is 0.285 e. The van der Waals surface area contributed by atoms with Crippen LogP contribution in [-0.2, 0) is 0 Å². The molecule has 0 bridgehead atoms. The number of hydrogen-bond donors (Lipinski definition) is 0. The lowest BCUT2D eigenvalue weighted by Crippen LogP contribution is -2.17. The highest BCUT2D eigenvalue weighted by molar-refractivity contribution is 8.13. The number of benzene rings is 3. The minimum Gasteiger partial charge on any atom is -0.339 e. The first-order valence-electron chi connectivity index (χ1n) is 8.65. The Kier molecular flexibility index (Phi) is 6.83. The predicted molar refractivity (Wildman–Crippen MR) is 115 cm³/mol. The summed E-state index contributed by atoms with van der Waals surface area (Å²) in [6.45, 7) is 0. The molecule has 1 amide bonds. The van der Waals surface area contributed by atoms with E-state index in [1.54, 1.807) is 50.5 Å². The fourth-order valence-electron chi connectivity index (χ4n) is 2.94. The van der Waals surface area contributed by atoms with E-state index in [2.05, 4.69) is 0 Å². The monoisotopic (exact) mass is 451 g/mol. The molecule has 0 aliphatic rings. The summed E-state index contributed by atoms with van der Waals surface area (Å²) in [6.07, 6.45) is 0. The molecule has 150 valence electrons. The number of amides is 1. The Bertz CT molecular complexity index is 979. The Morgan fingerprint density at radius 1 is 0.897 bits per heavy atom. The molecule has 0 N–H and O–H groups in total. The van der Waals surface area contributed by atoms with Gasteiger partial charge in [0.15, 0.2) is 0 Å². The summed E-state index contributed by atoms with van der Waals surface area (Å²) in [7, 11) is 3.30. The van der Waals surface area contributed by atoms with E-state index in [1.165, 1.54) is 29.2 Å². The van der Waals surface area contributed by atoms with Gasteiger partial charge in [-0.05, 0) is 64.9 Å². The summed E-state index contributed by atoms with van der Waals surface area (Å²) in [5.41, 5.74) is 2.20. The quantitative estimate of drug-likeness (QED) is 0.308. The van der Waals surface area contributed by atoms with Crippen LogP contribution >= 0.6 is 35.0 Å². The Morgan fingerprint density at radius 2 is 1.38 bits per heavy atom. The van der Waals surface area contributed by atoms with Crippen LogP contribution in [0.15, 0.2) is 65.6 Å². The zero-order chi connectivity index (χ0) is 21.1. The van der Waals surface area contributed by atoms with E-state index in [0.717, 1.165) is 22.9 Å². The number of rotatable bonds is 4. The zero-order valence-electron chi connectivity index (χ0n) is 15.6. The first-order valence-corrected chi connectivity index (χ1v) is 10.2. The van der Waals surface area contributed by atoms with E-state index >= 15 is 0 Å². The van der Waals surface area contributed by atoms with Crippen LogP contribution in [0.25, 0.3) is 0 Å². The number of hydrogen-bond acceptors (Lipinski definition) is 2. The minimum absolute atomic E-state index is 0.201. The molecule has 2 nitrogen and oxygen atoms in total. The topological polar surface area (TPSA) is 20.3 Å². The Balaban J connectivity index is 2.23. The van der Waals surface area contributed by atoms with Gasteiger partial charge in [-0.2, -0.15) is 0 Å². The summed E-state index contributed by atoms with van der Waals surface area (Å²) >= 11 is 13.7. The van der Waals surface area contributed by atoms with Crippen molar-refractivity contribution in [3.05, 3.63) is 99.0 Å². The number of thioether (sulfide) groups is 1. The van der Waals surface area contributed by atoms with Gasteiger partial charge in [-0.3, -0.25) is 4.79 Å². The van der Waals surface area contributed by atoms with E-state index in [0.29, 0.717) is 20.5 Å². The van der Waals surface area contributed by atoms with Crippen LogP contribution in [0.4, 0.5) is 13.6 Å². The molecule has 0 heterocycles. The lowest BCUT2D eigenvalue weighted by atomic mass is 9.85. The smallest absolute Gasteiger partial charge is 0.285 e. The highest BCUT2D eigenvalue weighted by atomic mass is 35.5. The molecule has 0 aliphatic heterocycles. The molecule has 0 saturated carbocycles. The maximum atomic E-state index is 13.5. The molecule has 0 aliphatic carbocycles. The molecule has 0 atom stereocenters. The van der Waals surface area contributed by atoms with Gasteiger partial charge in [0.05, 0.1) is 5.02 Å². The van der Waals surface area contributed by atoms with Gasteiger partial charge in [-0.1, -0.05) is 47.5 Å². The molecular weight excluding hydrogens is 435 g/mol. The average molecular weight is 452 g/mol. The standard InChI is InChI=1S/C22H17Cl2F2NOS/c1-27(2)22(28)29-21-18(11-15(23)12-19(21)24)20(13-3-7-16(25)8-4-13)14-5-9-17(26)10-6-14/h3-12,20H,1-2H3. The second kappa shape index (κ2) is 9.16. The van der Waals surface area contributed by atoms with Gasteiger partial charge in [-0.25, -0.2) is 8.78 Å². The summed E-state index contributed by atoms with van der Waals surface area (Å²) in [5, 5.41) is 0.537. The lowest BCUT2D eigenvalue weighted by Gasteiger charge is -2.23. The van der Waals surface area contributed by atoms with Gasteiger partial charge >= 0.3 is 0 Å². The first-order chi connectivity index (χ1) is 13.8. The van der Waals surface area contributed by atoms with E-state index in [-0.39, 0.29) is 16.9 Å².